The van der Waals surface area contributed by atoms with E-state index in [0.29, 0.717) is 61.7 Å². The van der Waals surface area contributed by atoms with Gasteiger partial charge in [-0.25, -0.2) is 9.37 Å². The van der Waals surface area contributed by atoms with Crippen LogP contribution in [0.4, 0.5) is 10.1 Å². The van der Waals surface area contributed by atoms with Gasteiger partial charge in [-0.1, -0.05) is 6.92 Å². The number of ether oxygens (including phenoxy) is 3. The Morgan fingerprint density at radius 3 is 2.97 bits per heavy atom. The van der Waals surface area contributed by atoms with Crippen molar-refractivity contribution in [2.75, 3.05) is 25.1 Å². The molecule has 0 radical (unpaired) electrons. The summed E-state index contributed by atoms with van der Waals surface area (Å²) in [6, 6.07) is 3.07. The maximum absolute atomic E-state index is 14.9. The maximum atomic E-state index is 14.9. The van der Waals surface area contributed by atoms with Gasteiger partial charge in [0.05, 0.1) is 24.9 Å². The fourth-order valence-corrected chi connectivity index (χ4v) is 4.56. The van der Waals surface area contributed by atoms with Crippen molar-refractivity contribution < 1.29 is 28.2 Å². The molecule has 0 bridgehead atoms. The third kappa shape index (κ3) is 3.96. The zero-order chi connectivity index (χ0) is 23.1. The van der Waals surface area contributed by atoms with E-state index in [1.165, 1.54) is 0 Å². The van der Waals surface area contributed by atoms with Crippen molar-refractivity contribution in [1.82, 2.24) is 9.88 Å². The van der Waals surface area contributed by atoms with E-state index in [0.717, 1.165) is 5.56 Å². The number of carbonyl (C=O) groups excluding carboxylic acids is 2. The minimum absolute atomic E-state index is 0.0288. The number of nitrogens with zero attached hydrogens (tertiary/aromatic N) is 2. The number of carbonyl (C=O) groups is 2. The third-order valence-electron chi connectivity index (χ3n) is 6.24. The average Bonchev–Trinajstić information content (AvgIpc) is 3.15. The summed E-state index contributed by atoms with van der Waals surface area (Å²) in [6.45, 7) is 4.45. The number of pyridine rings is 1. The molecule has 174 valence electrons. The Hall–Kier alpha value is -3.36. The monoisotopic (exact) mass is 455 g/mol. The summed E-state index contributed by atoms with van der Waals surface area (Å²) in [5, 5.41) is 2.84. The molecule has 0 saturated carbocycles. The molecule has 3 aliphatic rings. The number of hydrogen-bond donors (Lipinski definition) is 1. The molecule has 9 heteroatoms. The van der Waals surface area contributed by atoms with Gasteiger partial charge in [-0.2, -0.15) is 0 Å². The lowest BCUT2D eigenvalue weighted by Gasteiger charge is -2.21. The molecule has 4 heterocycles. The second-order valence-corrected chi connectivity index (χ2v) is 8.68. The molecule has 0 spiro atoms. The molecule has 1 saturated heterocycles. The van der Waals surface area contributed by atoms with Gasteiger partial charge in [0.25, 0.3) is 5.91 Å². The molecule has 2 amide bonds. The first-order valence-electron chi connectivity index (χ1n) is 11.3. The lowest BCUT2D eigenvalue weighted by atomic mass is 10.1. The van der Waals surface area contributed by atoms with Crippen LogP contribution in [0.5, 0.6) is 17.4 Å². The molecule has 2 aromatic rings. The summed E-state index contributed by atoms with van der Waals surface area (Å²) in [5.74, 6) is -0.197. The summed E-state index contributed by atoms with van der Waals surface area (Å²) in [5.41, 5.74) is 2.19. The van der Waals surface area contributed by atoms with Gasteiger partial charge in [0, 0.05) is 25.1 Å². The van der Waals surface area contributed by atoms with Crippen LogP contribution in [0, 0.1) is 12.7 Å². The Morgan fingerprint density at radius 1 is 1.30 bits per heavy atom. The number of aryl methyl sites for hydroxylation is 2. The molecule has 1 aromatic heterocycles. The van der Waals surface area contributed by atoms with Crippen molar-refractivity contribution >= 4 is 17.5 Å². The molecule has 0 unspecified atom stereocenters. The van der Waals surface area contributed by atoms with E-state index in [9.17, 15) is 14.0 Å². The van der Waals surface area contributed by atoms with E-state index < -0.39 is 5.82 Å². The van der Waals surface area contributed by atoms with Gasteiger partial charge < -0.3 is 24.4 Å². The third-order valence-corrected chi connectivity index (χ3v) is 6.24. The minimum atomic E-state index is -0.537. The van der Waals surface area contributed by atoms with E-state index in [2.05, 4.69) is 10.3 Å². The molecule has 3 aliphatic heterocycles. The largest absolute Gasteiger partial charge is 0.490 e. The number of benzene rings is 1. The van der Waals surface area contributed by atoms with Crippen molar-refractivity contribution in [2.24, 2.45) is 0 Å². The SMILES string of the molecule is CCCOc1c(F)c(C)cc2c1C(=O)N1C[C@@H](Oc3cc4c(cn3)CCC(=O)N4)C[C@@H]1CO2. The van der Waals surface area contributed by atoms with Crippen LogP contribution in [0.25, 0.3) is 0 Å². The minimum Gasteiger partial charge on any atom is -0.490 e. The van der Waals surface area contributed by atoms with Crippen LogP contribution in [0.3, 0.4) is 0 Å². The van der Waals surface area contributed by atoms with Gasteiger partial charge in [-0.05, 0) is 37.0 Å². The smallest absolute Gasteiger partial charge is 0.262 e. The van der Waals surface area contributed by atoms with Crippen LogP contribution in [0.1, 0.15) is 47.7 Å². The van der Waals surface area contributed by atoms with Gasteiger partial charge in [0.15, 0.2) is 11.6 Å². The number of nitrogens with one attached hydrogen (secondary N) is 1. The highest BCUT2D eigenvalue weighted by Gasteiger charge is 2.42. The first-order valence-corrected chi connectivity index (χ1v) is 11.3. The zero-order valence-electron chi connectivity index (χ0n) is 18.7. The van der Waals surface area contributed by atoms with E-state index in [1.807, 2.05) is 6.92 Å². The highest BCUT2D eigenvalue weighted by atomic mass is 19.1. The highest BCUT2D eigenvalue weighted by molar-refractivity contribution is 6.00. The van der Waals surface area contributed by atoms with Crippen LogP contribution in [-0.2, 0) is 11.2 Å². The molecule has 1 N–H and O–H groups in total. The Balaban J connectivity index is 1.37. The predicted molar refractivity (Wildman–Crippen MR) is 117 cm³/mol. The maximum Gasteiger partial charge on any atom is 0.262 e. The van der Waals surface area contributed by atoms with Gasteiger partial charge >= 0.3 is 0 Å². The van der Waals surface area contributed by atoms with Crippen LogP contribution in [-0.4, -0.2) is 53.6 Å². The van der Waals surface area contributed by atoms with Crippen LogP contribution in [0.15, 0.2) is 18.3 Å². The molecule has 8 nitrogen and oxygen atoms in total. The number of rotatable bonds is 5. The molecule has 1 fully saturated rings. The van der Waals surface area contributed by atoms with E-state index >= 15 is 0 Å². The quantitative estimate of drug-likeness (QED) is 0.745. The fraction of sp³-hybridized carbons (Fsp3) is 0.458. The first-order chi connectivity index (χ1) is 15.9. The number of hydrogen-bond acceptors (Lipinski definition) is 6. The molecule has 5 rings (SSSR count). The van der Waals surface area contributed by atoms with Gasteiger partial charge in [0.1, 0.15) is 24.0 Å². The number of halogens is 1. The molecular weight excluding hydrogens is 429 g/mol. The molecular formula is C24H26FN3O5. The van der Waals surface area contributed by atoms with E-state index in [4.69, 9.17) is 14.2 Å². The fourth-order valence-electron chi connectivity index (χ4n) is 4.56. The van der Waals surface area contributed by atoms with Gasteiger partial charge in [-0.15, -0.1) is 0 Å². The number of anilines is 1. The Morgan fingerprint density at radius 2 is 2.15 bits per heavy atom. The van der Waals surface area contributed by atoms with Crippen molar-refractivity contribution in [1.29, 1.82) is 0 Å². The molecule has 2 atom stereocenters. The van der Waals surface area contributed by atoms with E-state index in [-0.39, 0.29) is 41.9 Å². The average molecular weight is 455 g/mol. The van der Waals surface area contributed by atoms with Crippen molar-refractivity contribution in [3.05, 3.63) is 40.8 Å². The topological polar surface area (TPSA) is 90.0 Å². The van der Waals surface area contributed by atoms with Crippen LogP contribution in [0.2, 0.25) is 0 Å². The summed E-state index contributed by atoms with van der Waals surface area (Å²) in [4.78, 5) is 31.2. The predicted octanol–water partition coefficient (Wildman–Crippen LogP) is 3.26. The second-order valence-electron chi connectivity index (χ2n) is 8.68. The molecule has 1 aromatic carbocycles. The lowest BCUT2D eigenvalue weighted by Crippen LogP contribution is -2.37. The Bertz CT molecular complexity index is 1120. The lowest BCUT2D eigenvalue weighted by molar-refractivity contribution is -0.116. The van der Waals surface area contributed by atoms with Crippen molar-refractivity contribution in [3.8, 4) is 17.4 Å². The van der Waals surface area contributed by atoms with E-state index in [1.54, 1.807) is 30.2 Å². The number of aromatic nitrogens is 1. The second kappa shape index (κ2) is 8.53. The van der Waals surface area contributed by atoms with Crippen LogP contribution >= 0.6 is 0 Å². The van der Waals surface area contributed by atoms with Crippen LogP contribution < -0.4 is 19.5 Å². The summed E-state index contributed by atoms with van der Waals surface area (Å²) >= 11 is 0. The Kier molecular flexibility index (Phi) is 5.55. The normalized spacial score (nSPS) is 21.4. The number of amides is 2. The standard InChI is InChI=1S/C24H26FN3O5/c1-3-6-31-23-21-18(7-13(2)22(23)25)32-12-15-8-16(11-28(15)24(21)30)33-20-9-17-14(10-26-20)4-5-19(29)27-17/h7,9-10,15-16H,3-6,8,11-12H2,1-2H3,(H,27,29)/t15-,16+/m1/s1. The Labute approximate surface area is 191 Å². The van der Waals surface area contributed by atoms with Gasteiger partial charge in [0.2, 0.25) is 11.8 Å². The zero-order valence-corrected chi connectivity index (χ0v) is 18.7. The summed E-state index contributed by atoms with van der Waals surface area (Å²) < 4.78 is 32.5. The highest BCUT2D eigenvalue weighted by Crippen LogP contribution is 2.39. The van der Waals surface area contributed by atoms with Crippen molar-refractivity contribution in [3.63, 3.8) is 0 Å². The number of fused-ring (bicyclic) bond motifs is 3. The summed E-state index contributed by atoms with van der Waals surface area (Å²) in [7, 11) is 0. The van der Waals surface area contributed by atoms with Crippen molar-refractivity contribution in [2.45, 2.75) is 51.7 Å². The summed E-state index contributed by atoms with van der Waals surface area (Å²) in [6.07, 6.45) is 3.75. The molecule has 33 heavy (non-hydrogen) atoms. The first kappa shape index (κ1) is 21.5. The molecule has 0 aliphatic carbocycles. The van der Waals surface area contributed by atoms with Gasteiger partial charge in [-0.3, -0.25) is 9.59 Å².